The molecule has 0 fully saturated rings. The number of hydrogen-bond acceptors (Lipinski definition) is 5. The van der Waals surface area contributed by atoms with Crippen molar-refractivity contribution in [2.75, 3.05) is 12.2 Å². The first-order valence-corrected chi connectivity index (χ1v) is 6.71. The van der Waals surface area contributed by atoms with Crippen LogP contribution in [0.15, 0.2) is 42.7 Å². The van der Waals surface area contributed by atoms with Crippen LogP contribution in [0.25, 0.3) is 10.9 Å². The molecule has 0 atom stereocenters. The van der Waals surface area contributed by atoms with Gasteiger partial charge in [-0.15, -0.1) is 0 Å². The van der Waals surface area contributed by atoms with Crippen LogP contribution < -0.4 is 9.86 Å². The first-order chi connectivity index (χ1) is 10.6. The quantitative estimate of drug-likeness (QED) is 0.739. The fraction of sp³-hybridized carbons (Fsp3) is 0.0667. The van der Waals surface area contributed by atoms with E-state index < -0.39 is 0 Å². The summed E-state index contributed by atoms with van der Waals surface area (Å²) in [5, 5.41) is 11.1. The van der Waals surface area contributed by atoms with E-state index in [2.05, 4.69) is 9.97 Å². The first-order valence-electron chi connectivity index (χ1n) is 6.33. The SMILES string of the molecule is COc1cc(O)c2c(N(F)c3cccc(Cl)c3)ncnc2c1. The highest BCUT2D eigenvalue weighted by Crippen LogP contribution is 2.37. The highest BCUT2D eigenvalue weighted by molar-refractivity contribution is 6.30. The Bertz CT molecular complexity index is 844. The second-order valence-corrected chi connectivity index (χ2v) is 4.94. The molecule has 0 radical (unpaired) electrons. The number of halogens is 2. The summed E-state index contributed by atoms with van der Waals surface area (Å²) < 4.78 is 19.7. The lowest BCUT2D eigenvalue weighted by molar-refractivity contribution is 0.409. The molecular weight excluding hydrogens is 309 g/mol. The fourth-order valence-electron chi connectivity index (χ4n) is 2.12. The Balaban J connectivity index is 2.18. The largest absolute Gasteiger partial charge is 0.507 e. The number of rotatable bonds is 3. The van der Waals surface area contributed by atoms with Crippen LogP contribution in [0.3, 0.4) is 0 Å². The topological polar surface area (TPSA) is 58.5 Å². The summed E-state index contributed by atoms with van der Waals surface area (Å²) in [6.07, 6.45) is 1.22. The average molecular weight is 320 g/mol. The minimum atomic E-state index is -0.172. The first kappa shape index (κ1) is 14.3. The second kappa shape index (κ2) is 5.65. The van der Waals surface area contributed by atoms with Gasteiger partial charge in [0.05, 0.1) is 23.7 Å². The van der Waals surface area contributed by atoms with Gasteiger partial charge in [0.25, 0.3) is 0 Å². The van der Waals surface area contributed by atoms with Gasteiger partial charge in [-0.25, -0.2) is 9.97 Å². The molecule has 0 aliphatic carbocycles. The molecule has 0 spiro atoms. The van der Waals surface area contributed by atoms with Crippen molar-refractivity contribution in [1.29, 1.82) is 0 Å². The zero-order valence-electron chi connectivity index (χ0n) is 11.5. The summed E-state index contributed by atoms with van der Waals surface area (Å²) in [6, 6.07) is 9.22. The standard InChI is InChI=1S/C15H11ClFN3O2/c1-22-11-6-12-14(13(21)7-11)15(19-8-18-12)20(17)10-4-2-3-9(16)5-10/h2-8,21H,1H3. The number of aromatic hydroxyl groups is 1. The smallest absolute Gasteiger partial charge is 0.177 e. The Morgan fingerprint density at radius 3 is 2.77 bits per heavy atom. The number of phenolic OH excluding ortho intramolecular Hbond substituents is 1. The molecule has 3 aromatic rings. The predicted octanol–water partition coefficient (Wildman–Crippen LogP) is 4.02. The van der Waals surface area contributed by atoms with Crippen LogP contribution in [0.1, 0.15) is 0 Å². The molecule has 0 aliphatic rings. The van der Waals surface area contributed by atoms with E-state index in [1.54, 1.807) is 24.3 Å². The molecule has 0 saturated carbocycles. The molecule has 112 valence electrons. The Kier molecular flexibility index (Phi) is 3.68. The number of phenols is 1. The highest BCUT2D eigenvalue weighted by atomic mass is 35.5. The van der Waals surface area contributed by atoms with Gasteiger partial charge in [-0.1, -0.05) is 22.1 Å². The number of benzene rings is 2. The third-order valence-electron chi connectivity index (χ3n) is 3.13. The molecule has 5 nitrogen and oxygen atoms in total. The number of fused-ring (bicyclic) bond motifs is 1. The molecule has 0 unspecified atom stereocenters. The number of ether oxygens (including phenoxy) is 1. The molecule has 0 saturated heterocycles. The Hall–Kier alpha value is -2.60. The van der Waals surface area contributed by atoms with Crippen molar-refractivity contribution in [3.63, 3.8) is 0 Å². The van der Waals surface area contributed by atoms with Crippen LogP contribution in [0.4, 0.5) is 16.0 Å². The zero-order valence-corrected chi connectivity index (χ0v) is 12.3. The summed E-state index contributed by atoms with van der Waals surface area (Å²) >= 11 is 5.87. The van der Waals surface area contributed by atoms with E-state index in [-0.39, 0.29) is 22.6 Å². The molecule has 0 aliphatic heterocycles. The minimum Gasteiger partial charge on any atom is -0.507 e. The molecular formula is C15H11ClFN3O2. The number of anilines is 2. The number of nitrogens with zero attached hydrogens (tertiary/aromatic N) is 3. The molecule has 0 amide bonds. The van der Waals surface area contributed by atoms with Crippen LogP contribution in [-0.2, 0) is 0 Å². The van der Waals surface area contributed by atoms with Crippen molar-refractivity contribution in [1.82, 2.24) is 9.97 Å². The monoisotopic (exact) mass is 319 g/mol. The van der Waals surface area contributed by atoms with Crippen LogP contribution in [-0.4, -0.2) is 22.2 Å². The zero-order chi connectivity index (χ0) is 15.7. The van der Waals surface area contributed by atoms with Crippen molar-refractivity contribution < 1.29 is 14.3 Å². The lowest BCUT2D eigenvalue weighted by Crippen LogP contribution is -2.07. The van der Waals surface area contributed by atoms with Crippen molar-refractivity contribution in [3.8, 4) is 11.5 Å². The van der Waals surface area contributed by atoms with Gasteiger partial charge < -0.3 is 9.84 Å². The third-order valence-corrected chi connectivity index (χ3v) is 3.36. The number of hydrogen-bond donors (Lipinski definition) is 1. The Morgan fingerprint density at radius 1 is 1.23 bits per heavy atom. The van der Waals surface area contributed by atoms with E-state index in [1.165, 1.54) is 25.6 Å². The summed E-state index contributed by atoms with van der Waals surface area (Å²) in [6.45, 7) is 0. The molecule has 1 N–H and O–H groups in total. The average Bonchev–Trinajstić information content (AvgIpc) is 2.53. The second-order valence-electron chi connectivity index (χ2n) is 4.50. The van der Waals surface area contributed by atoms with E-state index in [1.807, 2.05) is 0 Å². The maximum absolute atomic E-state index is 14.7. The van der Waals surface area contributed by atoms with E-state index in [4.69, 9.17) is 16.3 Å². The van der Waals surface area contributed by atoms with E-state index in [9.17, 15) is 9.59 Å². The van der Waals surface area contributed by atoms with Gasteiger partial charge in [-0.2, -0.15) is 5.12 Å². The third kappa shape index (κ3) is 2.48. The van der Waals surface area contributed by atoms with Gasteiger partial charge >= 0.3 is 0 Å². The molecule has 7 heteroatoms. The van der Waals surface area contributed by atoms with E-state index in [0.717, 1.165) is 0 Å². The maximum Gasteiger partial charge on any atom is 0.177 e. The molecule has 1 aromatic heterocycles. The van der Waals surface area contributed by atoms with Crippen molar-refractivity contribution in [2.24, 2.45) is 0 Å². The van der Waals surface area contributed by atoms with E-state index in [0.29, 0.717) is 21.4 Å². The predicted molar refractivity (Wildman–Crippen MR) is 82.5 cm³/mol. The van der Waals surface area contributed by atoms with Crippen LogP contribution in [0.2, 0.25) is 5.02 Å². The molecule has 0 bridgehead atoms. The van der Waals surface area contributed by atoms with Crippen molar-refractivity contribution in [2.45, 2.75) is 0 Å². The van der Waals surface area contributed by atoms with Gasteiger partial charge in [-0.05, 0) is 18.2 Å². The molecule has 2 aromatic carbocycles. The molecule has 1 heterocycles. The highest BCUT2D eigenvalue weighted by Gasteiger charge is 2.18. The number of aromatic nitrogens is 2. The van der Waals surface area contributed by atoms with Gasteiger partial charge in [0.2, 0.25) is 0 Å². The van der Waals surface area contributed by atoms with Crippen LogP contribution in [0.5, 0.6) is 11.5 Å². The Labute approximate surface area is 130 Å². The lowest BCUT2D eigenvalue weighted by Gasteiger charge is -2.15. The van der Waals surface area contributed by atoms with E-state index >= 15 is 0 Å². The summed E-state index contributed by atoms with van der Waals surface area (Å²) in [5.41, 5.74) is 0.564. The minimum absolute atomic E-state index is 0.0765. The molecule has 3 rings (SSSR count). The lowest BCUT2D eigenvalue weighted by atomic mass is 10.2. The van der Waals surface area contributed by atoms with Crippen molar-refractivity contribution in [3.05, 3.63) is 47.7 Å². The number of methoxy groups -OCH3 is 1. The van der Waals surface area contributed by atoms with Gasteiger partial charge in [0.15, 0.2) is 5.82 Å². The summed E-state index contributed by atoms with van der Waals surface area (Å²) in [4.78, 5) is 7.96. The van der Waals surface area contributed by atoms with Gasteiger partial charge in [0, 0.05) is 17.2 Å². The van der Waals surface area contributed by atoms with Crippen LogP contribution >= 0.6 is 11.6 Å². The van der Waals surface area contributed by atoms with Gasteiger partial charge in [0.1, 0.15) is 17.8 Å². The summed E-state index contributed by atoms with van der Waals surface area (Å²) in [7, 11) is 1.47. The fourth-order valence-corrected chi connectivity index (χ4v) is 2.30. The molecule has 22 heavy (non-hydrogen) atoms. The van der Waals surface area contributed by atoms with Gasteiger partial charge in [-0.3, -0.25) is 0 Å². The maximum atomic E-state index is 14.7. The van der Waals surface area contributed by atoms with Crippen molar-refractivity contribution >= 4 is 34.0 Å². The summed E-state index contributed by atoms with van der Waals surface area (Å²) in [5.74, 6) is 0.171. The normalized spacial score (nSPS) is 10.7. The Morgan fingerprint density at radius 2 is 2.05 bits per heavy atom. The van der Waals surface area contributed by atoms with Crippen LogP contribution in [0, 0.1) is 0 Å².